The highest BCUT2D eigenvalue weighted by atomic mass is 127. The number of rotatable bonds is 2. The molecule has 0 fully saturated rings. The Hall–Kier alpha value is -0.500. The minimum Gasteiger partial charge on any atom is -0.508 e. The van der Waals surface area contributed by atoms with Crippen LogP contribution in [0.3, 0.4) is 0 Å². The highest BCUT2D eigenvalue weighted by Gasteiger charge is 2.03. The number of aromatic hydroxyl groups is 1. The molecule has 0 saturated carbocycles. The summed E-state index contributed by atoms with van der Waals surface area (Å²) in [4.78, 5) is 0. The normalized spacial score (nSPS) is 10.1. The van der Waals surface area contributed by atoms with Crippen molar-refractivity contribution in [1.29, 1.82) is 0 Å². The van der Waals surface area contributed by atoms with Crippen molar-refractivity contribution in [3.63, 3.8) is 0 Å². The summed E-state index contributed by atoms with van der Waals surface area (Å²) in [6, 6.07) is 12.7. The second-order valence-corrected chi connectivity index (χ2v) is 5.58. The zero-order valence-electron chi connectivity index (χ0n) is 8.15. The number of halogens is 2. The van der Waals surface area contributed by atoms with Gasteiger partial charge in [-0.15, -0.1) is 0 Å². The molecule has 16 heavy (non-hydrogen) atoms. The molecule has 1 N–H and O–H groups in total. The van der Waals surface area contributed by atoms with Crippen LogP contribution in [0.15, 0.2) is 42.5 Å². The molecular formula is C12H8I2O2. The van der Waals surface area contributed by atoms with E-state index in [-0.39, 0.29) is 5.75 Å². The van der Waals surface area contributed by atoms with Gasteiger partial charge in [-0.2, -0.15) is 0 Å². The van der Waals surface area contributed by atoms with E-state index in [0.29, 0.717) is 0 Å². The monoisotopic (exact) mass is 438 g/mol. The van der Waals surface area contributed by atoms with Crippen molar-refractivity contribution >= 4 is 45.2 Å². The molecule has 0 unspecified atom stereocenters. The van der Waals surface area contributed by atoms with E-state index in [1.165, 1.54) is 3.57 Å². The summed E-state index contributed by atoms with van der Waals surface area (Å²) in [5.74, 6) is 1.79. The Balaban J connectivity index is 2.23. The van der Waals surface area contributed by atoms with Crippen LogP contribution >= 0.6 is 45.2 Å². The van der Waals surface area contributed by atoms with Crippen molar-refractivity contribution in [1.82, 2.24) is 0 Å². The molecule has 0 atom stereocenters. The summed E-state index contributed by atoms with van der Waals surface area (Å²) in [5.41, 5.74) is 0. The van der Waals surface area contributed by atoms with Crippen molar-refractivity contribution in [3.8, 4) is 17.2 Å². The first-order valence-corrected chi connectivity index (χ1v) is 6.73. The zero-order chi connectivity index (χ0) is 11.5. The number of hydrogen-bond donors (Lipinski definition) is 1. The van der Waals surface area contributed by atoms with Gasteiger partial charge in [-0.25, -0.2) is 0 Å². The molecule has 0 saturated heterocycles. The van der Waals surface area contributed by atoms with Gasteiger partial charge in [0.25, 0.3) is 0 Å². The maximum Gasteiger partial charge on any atom is 0.140 e. The zero-order valence-corrected chi connectivity index (χ0v) is 12.5. The molecule has 4 heteroatoms. The van der Waals surface area contributed by atoms with Crippen molar-refractivity contribution in [2.24, 2.45) is 0 Å². The molecule has 2 rings (SSSR count). The lowest BCUT2D eigenvalue weighted by Crippen LogP contribution is -1.87. The van der Waals surface area contributed by atoms with Crippen LogP contribution in [0.1, 0.15) is 0 Å². The Morgan fingerprint density at radius 3 is 2.25 bits per heavy atom. The van der Waals surface area contributed by atoms with Gasteiger partial charge >= 0.3 is 0 Å². The number of hydrogen-bond acceptors (Lipinski definition) is 2. The Morgan fingerprint density at radius 1 is 0.938 bits per heavy atom. The van der Waals surface area contributed by atoms with Crippen LogP contribution in [-0.4, -0.2) is 5.11 Å². The van der Waals surface area contributed by atoms with E-state index in [9.17, 15) is 0 Å². The van der Waals surface area contributed by atoms with Gasteiger partial charge in [0.2, 0.25) is 0 Å². The largest absolute Gasteiger partial charge is 0.508 e. The SMILES string of the molecule is Oc1ccc(Oc2ccc(I)cc2I)cc1. The predicted molar refractivity (Wildman–Crippen MR) is 80.1 cm³/mol. The molecule has 2 nitrogen and oxygen atoms in total. The third-order valence-corrected chi connectivity index (χ3v) is 3.47. The second kappa shape index (κ2) is 5.22. The van der Waals surface area contributed by atoms with Crippen molar-refractivity contribution in [3.05, 3.63) is 49.6 Å². The van der Waals surface area contributed by atoms with E-state index < -0.39 is 0 Å². The molecule has 0 aliphatic rings. The summed E-state index contributed by atoms with van der Waals surface area (Å²) in [5, 5.41) is 9.16. The molecule has 82 valence electrons. The maximum atomic E-state index is 9.16. The van der Waals surface area contributed by atoms with Crippen molar-refractivity contribution in [2.75, 3.05) is 0 Å². The second-order valence-electron chi connectivity index (χ2n) is 3.17. The van der Waals surface area contributed by atoms with Crippen LogP contribution in [-0.2, 0) is 0 Å². The highest BCUT2D eigenvalue weighted by Crippen LogP contribution is 2.28. The first-order valence-electron chi connectivity index (χ1n) is 4.57. The van der Waals surface area contributed by atoms with Gasteiger partial charge in [0.1, 0.15) is 17.2 Å². The van der Waals surface area contributed by atoms with E-state index in [1.807, 2.05) is 12.1 Å². The summed E-state index contributed by atoms with van der Waals surface area (Å²) in [7, 11) is 0. The Labute approximate surface area is 121 Å². The van der Waals surface area contributed by atoms with Gasteiger partial charge in [0.15, 0.2) is 0 Å². The lowest BCUT2D eigenvalue weighted by Gasteiger charge is -2.07. The highest BCUT2D eigenvalue weighted by molar-refractivity contribution is 14.1. The van der Waals surface area contributed by atoms with Crippen molar-refractivity contribution < 1.29 is 9.84 Å². The molecule has 0 radical (unpaired) electrons. The lowest BCUT2D eigenvalue weighted by molar-refractivity contribution is 0.463. The molecule has 0 amide bonds. The van der Waals surface area contributed by atoms with E-state index in [4.69, 9.17) is 9.84 Å². The Kier molecular flexibility index (Phi) is 3.91. The third kappa shape index (κ3) is 3.00. The molecule has 0 aliphatic heterocycles. The Bertz CT molecular complexity index is 495. The quantitative estimate of drug-likeness (QED) is 0.706. The summed E-state index contributed by atoms with van der Waals surface area (Å²) in [6.07, 6.45) is 0. The van der Waals surface area contributed by atoms with Crippen LogP contribution in [0, 0.1) is 7.14 Å². The maximum absolute atomic E-state index is 9.16. The molecule has 0 aromatic heterocycles. The van der Waals surface area contributed by atoms with Crippen molar-refractivity contribution in [2.45, 2.75) is 0 Å². The van der Waals surface area contributed by atoms with E-state index >= 15 is 0 Å². The van der Waals surface area contributed by atoms with Gasteiger partial charge in [-0.3, -0.25) is 0 Å². The average Bonchev–Trinajstić information content (AvgIpc) is 2.25. The standard InChI is InChI=1S/C12H8I2O2/c13-8-1-6-12(11(14)7-8)16-10-4-2-9(15)3-5-10/h1-7,15H. The number of ether oxygens (including phenoxy) is 1. The lowest BCUT2D eigenvalue weighted by atomic mass is 10.3. The number of phenols is 1. The first-order chi connectivity index (χ1) is 7.65. The average molecular weight is 438 g/mol. The molecule has 0 bridgehead atoms. The summed E-state index contributed by atoms with van der Waals surface area (Å²) in [6.45, 7) is 0. The smallest absolute Gasteiger partial charge is 0.140 e. The summed E-state index contributed by atoms with van der Waals surface area (Å²) < 4.78 is 7.94. The van der Waals surface area contributed by atoms with Crippen LogP contribution in [0.4, 0.5) is 0 Å². The molecule has 0 spiro atoms. The van der Waals surface area contributed by atoms with Crippen LogP contribution in [0.5, 0.6) is 17.2 Å². The van der Waals surface area contributed by atoms with Crippen LogP contribution < -0.4 is 4.74 Å². The molecular weight excluding hydrogens is 430 g/mol. The van der Waals surface area contributed by atoms with E-state index in [0.717, 1.165) is 15.1 Å². The Morgan fingerprint density at radius 2 is 1.62 bits per heavy atom. The van der Waals surface area contributed by atoms with Gasteiger partial charge in [-0.1, -0.05) is 0 Å². The van der Waals surface area contributed by atoms with Crippen LogP contribution in [0.2, 0.25) is 0 Å². The molecule has 2 aromatic rings. The molecule has 2 aromatic carbocycles. The fourth-order valence-corrected chi connectivity index (χ4v) is 2.91. The number of benzene rings is 2. The fraction of sp³-hybridized carbons (Fsp3) is 0. The predicted octanol–water partition coefficient (Wildman–Crippen LogP) is 4.39. The van der Waals surface area contributed by atoms with E-state index in [2.05, 4.69) is 51.2 Å². The topological polar surface area (TPSA) is 29.5 Å². The minimum atomic E-state index is 0.240. The number of phenolic OH excluding ortho intramolecular Hbond substituents is 1. The van der Waals surface area contributed by atoms with Gasteiger partial charge < -0.3 is 9.84 Å². The van der Waals surface area contributed by atoms with Gasteiger partial charge in [0, 0.05) is 3.57 Å². The van der Waals surface area contributed by atoms with Gasteiger partial charge in [-0.05, 0) is 87.6 Å². The molecule has 0 aliphatic carbocycles. The summed E-state index contributed by atoms with van der Waals surface area (Å²) >= 11 is 4.50. The minimum absolute atomic E-state index is 0.240. The molecule has 0 heterocycles. The van der Waals surface area contributed by atoms with Crippen LogP contribution in [0.25, 0.3) is 0 Å². The third-order valence-electron chi connectivity index (χ3n) is 1.96. The van der Waals surface area contributed by atoms with E-state index in [1.54, 1.807) is 24.3 Å². The van der Waals surface area contributed by atoms with Gasteiger partial charge in [0.05, 0.1) is 3.57 Å². The first kappa shape index (κ1) is 12.0. The fourth-order valence-electron chi connectivity index (χ4n) is 1.20.